The lowest BCUT2D eigenvalue weighted by molar-refractivity contribution is -0.671. The van der Waals surface area contributed by atoms with Crippen molar-refractivity contribution in [3.05, 3.63) is 108 Å². The van der Waals surface area contributed by atoms with Gasteiger partial charge < -0.3 is 10.6 Å². The van der Waals surface area contributed by atoms with E-state index >= 15 is 0 Å². The summed E-state index contributed by atoms with van der Waals surface area (Å²) in [4.78, 5) is 25.5. The first-order valence-corrected chi connectivity index (χ1v) is 14.1. The van der Waals surface area contributed by atoms with Crippen molar-refractivity contribution in [1.29, 1.82) is 0 Å². The van der Waals surface area contributed by atoms with Gasteiger partial charge in [-0.2, -0.15) is 9.13 Å². The van der Waals surface area contributed by atoms with E-state index in [1.807, 2.05) is 60.7 Å². The molecule has 0 bridgehead atoms. The Bertz CT molecular complexity index is 1660. The second kappa shape index (κ2) is 12.5. The number of anilines is 2. The van der Waals surface area contributed by atoms with Crippen LogP contribution in [0.1, 0.15) is 49.0 Å². The number of aryl methyl sites for hydroxylation is 3. The molecule has 2 aromatic heterocycles. The van der Waals surface area contributed by atoms with Crippen LogP contribution in [0.3, 0.4) is 0 Å². The van der Waals surface area contributed by atoms with Gasteiger partial charge in [0.05, 0.1) is 0 Å². The van der Waals surface area contributed by atoms with Gasteiger partial charge in [0.1, 0.15) is 13.1 Å². The summed E-state index contributed by atoms with van der Waals surface area (Å²) in [5.74, 6) is -0.187. The molecule has 6 nitrogen and oxygen atoms in total. The molecule has 0 aliphatic rings. The zero-order chi connectivity index (χ0) is 27.9. The molecule has 0 saturated heterocycles. The average Bonchev–Trinajstić information content (AvgIpc) is 2.97. The number of hydrogen-bond acceptors (Lipinski definition) is 2. The van der Waals surface area contributed by atoms with Crippen molar-refractivity contribution in [2.75, 3.05) is 10.6 Å². The molecule has 5 rings (SSSR count). The summed E-state index contributed by atoms with van der Waals surface area (Å²) in [5, 5.41) is 8.22. The van der Waals surface area contributed by atoms with Crippen molar-refractivity contribution in [2.45, 2.75) is 52.6 Å². The van der Waals surface area contributed by atoms with Gasteiger partial charge in [-0.05, 0) is 60.5 Å². The number of pyridine rings is 2. The number of benzene rings is 3. The van der Waals surface area contributed by atoms with Gasteiger partial charge in [0.25, 0.3) is 5.91 Å². The fourth-order valence-electron chi connectivity index (χ4n) is 5.10. The lowest BCUT2D eigenvalue weighted by Gasteiger charge is -2.08. The van der Waals surface area contributed by atoms with Crippen LogP contribution in [-0.4, -0.2) is 11.8 Å². The number of amides is 2. The van der Waals surface area contributed by atoms with E-state index in [4.69, 9.17) is 0 Å². The first-order valence-electron chi connectivity index (χ1n) is 14.1. The molecule has 5 aromatic rings. The summed E-state index contributed by atoms with van der Waals surface area (Å²) < 4.78 is 4.46. The Morgan fingerprint density at radius 2 is 1.23 bits per heavy atom. The molecule has 2 amide bonds. The number of aromatic nitrogens is 2. The second-order valence-corrected chi connectivity index (χ2v) is 10.1. The van der Waals surface area contributed by atoms with Crippen LogP contribution in [0.4, 0.5) is 11.4 Å². The molecule has 0 aliphatic heterocycles. The molecular formula is C34H36N4O2+2. The molecule has 2 N–H and O–H groups in total. The van der Waals surface area contributed by atoms with Gasteiger partial charge in [0.15, 0.2) is 12.4 Å². The number of carbonyl (C=O) groups is 2. The number of hydrogen-bond donors (Lipinski definition) is 2. The molecule has 202 valence electrons. The number of rotatable bonds is 10. The summed E-state index contributed by atoms with van der Waals surface area (Å²) in [6.07, 6.45) is 7.26. The van der Waals surface area contributed by atoms with Gasteiger partial charge in [-0.1, -0.05) is 26.0 Å². The molecule has 3 aromatic carbocycles. The van der Waals surface area contributed by atoms with E-state index in [0.29, 0.717) is 18.4 Å². The fraction of sp³-hybridized carbons (Fsp3) is 0.235. The minimum Gasteiger partial charge on any atom is -0.326 e. The maximum absolute atomic E-state index is 12.9. The highest BCUT2D eigenvalue weighted by Gasteiger charge is 2.12. The van der Waals surface area contributed by atoms with E-state index in [9.17, 15) is 9.59 Å². The third-order valence-electron chi connectivity index (χ3n) is 7.09. The lowest BCUT2D eigenvalue weighted by atomic mass is 10.1. The molecule has 0 radical (unpaired) electrons. The largest absolute Gasteiger partial charge is 0.326 e. The van der Waals surface area contributed by atoms with Gasteiger partial charge in [-0.15, -0.1) is 0 Å². The van der Waals surface area contributed by atoms with E-state index in [0.717, 1.165) is 64.7 Å². The molecule has 0 saturated carbocycles. The molecule has 0 aliphatic carbocycles. The van der Waals surface area contributed by atoms with Gasteiger partial charge in [0, 0.05) is 71.2 Å². The number of carbonyl (C=O) groups excluding carboxylic acids is 2. The standard InChI is InChI=1S/C34H34N4O2/c1-3-19-37-21-5-7-27-23-29(14-16-31(27)37)35-33(39)18-11-25-9-12-26(13-10-25)34(40)36-30-15-17-32-28(24-30)8-6-22-38(32)20-4-2/h5-10,12-17,21-24H,3-4,11,18-20H2,1-2H3/p+2. The second-order valence-electron chi connectivity index (χ2n) is 10.1. The number of nitrogens with zero attached hydrogens (tertiary/aromatic N) is 2. The third-order valence-corrected chi connectivity index (χ3v) is 7.09. The Hall–Kier alpha value is -4.58. The monoisotopic (exact) mass is 532 g/mol. The van der Waals surface area contributed by atoms with E-state index in [1.165, 1.54) is 0 Å². The first-order chi connectivity index (χ1) is 19.5. The average molecular weight is 533 g/mol. The number of fused-ring (bicyclic) bond motifs is 2. The number of nitrogens with one attached hydrogen (secondary N) is 2. The summed E-state index contributed by atoms with van der Waals surface area (Å²) >= 11 is 0. The normalized spacial score (nSPS) is 11.1. The minimum atomic E-state index is -0.155. The molecule has 0 spiro atoms. The maximum atomic E-state index is 12.9. The molecule has 0 unspecified atom stereocenters. The Kier molecular flexibility index (Phi) is 8.45. The minimum absolute atomic E-state index is 0.0323. The van der Waals surface area contributed by atoms with E-state index < -0.39 is 0 Å². The van der Waals surface area contributed by atoms with Crippen molar-refractivity contribution in [2.24, 2.45) is 0 Å². The molecule has 0 fully saturated rings. The van der Waals surface area contributed by atoms with Crippen LogP contribution in [0, 0.1) is 0 Å². The van der Waals surface area contributed by atoms with E-state index in [-0.39, 0.29) is 11.8 Å². The van der Waals surface area contributed by atoms with Crippen LogP contribution in [0.15, 0.2) is 97.3 Å². The molecule has 40 heavy (non-hydrogen) atoms. The summed E-state index contributed by atoms with van der Waals surface area (Å²) in [6.45, 7) is 6.25. The highest BCUT2D eigenvalue weighted by Crippen LogP contribution is 2.19. The van der Waals surface area contributed by atoms with Crippen LogP contribution in [-0.2, 0) is 24.3 Å². The van der Waals surface area contributed by atoms with Gasteiger partial charge >= 0.3 is 0 Å². The van der Waals surface area contributed by atoms with Crippen LogP contribution in [0.5, 0.6) is 0 Å². The molecular weight excluding hydrogens is 496 g/mol. The fourth-order valence-corrected chi connectivity index (χ4v) is 5.10. The van der Waals surface area contributed by atoms with Crippen LogP contribution in [0.2, 0.25) is 0 Å². The first kappa shape index (κ1) is 27.0. The SMILES string of the molecule is CCC[n+]1cccc2cc(NC(=O)CCc3ccc(C(=O)Nc4ccc5c(ccc[n+]5CCC)c4)cc3)ccc21. The molecule has 0 atom stereocenters. The predicted molar refractivity (Wildman–Crippen MR) is 160 cm³/mol. The highest BCUT2D eigenvalue weighted by molar-refractivity contribution is 6.05. The van der Waals surface area contributed by atoms with Gasteiger partial charge in [0.2, 0.25) is 16.9 Å². The van der Waals surface area contributed by atoms with Crippen molar-refractivity contribution >= 4 is 45.0 Å². The van der Waals surface area contributed by atoms with Gasteiger partial charge in [-0.3, -0.25) is 9.59 Å². The van der Waals surface area contributed by atoms with Crippen LogP contribution < -0.4 is 19.8 Å². The Labute approximate surface area is 235 Å². The maximum Gasteiger partial charge on any atom is 0.255 e. The summed E-state index contributed by atoms with van der Waals surface area (Å²) in [7, 11) is 0. The third kappa shape index (κ3) is 6.34. The summed E-state index contributed by atoms with van der Waals surface area (Å²) in [5.41, 5.74) is 5.47. The molecule has 2 heterocycles. The van der Waals surface area contributed by atoms with E-state index in [2.05, 4.69) is 70.3 Å². The van der Waals surface area contributed by atoms with Crippen LogP contribution in [0.25, 0.3) is 21.8 Å². The topological polar surface area (TPSA) is 66.0 Å². The van der Waals surface area contributed by atoms with Crippen LogP contribution >= 0.6 is 0 Å². The zero-order valence-electron chi connectivity index (χ0n) is 23.2. The Balaban J connectivity index is 1.16. The van der Waals surface area contributed by atoms with E-state index in [1.54, 1.807) is 0 Å². The zero-order valence-corrected chi connectivity index (χ0v) is 23.2. The smallest absolute Gasteiger partial charge is 0.255 e. The van der Waals surface area contributed by atoms with Gasteiger partial charge in [-0.25, -0.2) is 0 Å². The Morgan fingerprint density at radius 3 is 1.77 bits per heavy atom. The molecule has 6 heteroatoms. The van der Waals surface area contributed by atoms with Crippen molar-refractivity contribution in [1.82, 2.24) is 0 Å². The Morgan fingerprint density at radius 1 is 0.675 bits per heavy atom. The quantitative estimate of drug-likeness (QED) is 0.210. The summed E-state index contributed by atoms with van der Waals surface area (Å²) in [6, 6.07) is 27.7. The highest BCUT2D eigenvalue weighted by atomic mass is 16.2. The lowest BCUT2D eigenvalue weighted by Crippen LogP contribution is -2.33. The van der Waals surface area contributed by atoms with Crippen molar-refractivity contribution < 1.29 is 18.7 Å². The van der Waals surface area contributed by atoms with Crippen molar-refractivity contribution in [3.63, 3.8) is 0 Å². The van der Waals surface area contributed by atoms with Crippen molar-refractivity contribution in [3.8, 4) is 0 Å². The predicted octanol–water partition coefficient (Wildman–Crippen LogP) is 6.21.